The predicted octanol–water partition coefficient (Wildman–Crippen LogP) is 2.19. The van der Waals surface area contributed by atoms with Gasteiger partial charge in [0.1, 0.15) is 5.75 Å². The van der Waals surface area contributed by atoms with Crippen molar-refractivity contribution in [2.24, 2.45) is 0 Å². The Labute approximate surface area is 94.3 Å². The van der Waals surface area contributed by atoms with Gasteiger partial charge in [-0.2, -0.15) is 0 Å². The summed E-state index contributed by atoms with van der Waals surface area (Å²) < 4.78 is 5.17. The summed E-state index contributed by atoms with van der Waals surface area (Å²) in [6.45, 7) is 0. The number of benzene rings is 1. The van der Waals surface area contributed by atoms with Gasteiger partial charge in [0.15, 0.2) is 0 Å². The van der Waals surface area contributed by atoms with Crippen LogP contribution >= 0.6 is 0 Å². The molecule has 0 aliphatic carbocycles. The lowest BCUT2D eigenvalue weighted by Gasteiger charge is -2.05. The molecule has 1 aromatic heterocycles. The molecular formula is C12H13N3O. The fourth-order valence-electron chi connectivity index (χ4n) is 1.42. The van der Waals surface area contributed by atoms with Crippen molar-refractivity contribution in [3.05, 3.63) is 36.5 Å². The van der Waals surface area contributed by atoms with Gasteiger partial charge in [0, 0.05) is 18.8 Å². The van der Waals surface area contributed by atoms with Crippen LogP contribution in [0.2, 0.25) is 0 Å². The number of rotatable bonds is 3. The van der Waals surface area contributed by atoms with E-state index in [4.69, 9.17) is 4.74 Å². The van der Waals surface area contributed by atoms with Gasteiger partial charge in [0.05, 0.1) is 12.8 Å². The van der Waals surface area contributed by atoms with Crippen LogP contribution in [0.3, 0.4) is 0 Å². The molecule has 0 aliphatic heterocycles. The van der Waals surface area contributed by atoms with Gasteiger partial charge in [0.25, 0.3) is 0 Å². The molecular weight excluding hydrogens is 202 g/mol. The fourth-order valence-corrected chi connectivity index (χ4v) is 1.42. The van der Waals surface area contributed by atoms with E-state index >= 15 is 0 Å². The SMILES string of the molecule is CNc1nccc(-c2cccc(OC)c2)n1. The summed E-state index contributed by atoms with van der Waals surface area (Å²) in [4.78, 5) is 8.43. The number of aromatic nitrogens is 2. The molecule has 1 aromatic carbocycles. The van der Waals surface area contributed by atoms with Gasteiger partial charge in [-0.25, -0.2) is 9.97 Å². The van der Waals surface area contributed by atoms with E-state index in [1.807, 2.05) is 30.3 Å². The highest BCUT2D eigenvalue weighted by atomic mass is 16.5. The highest BCUT2D eigenvalue weighted by molar-refractivity contribution is 5.61. The molecule has 2 rings (SSSR count). The van der Waals surface area contributed by atoms with E-state index < -0.39 is 0 Å². The van der Waals surface area contributed by atoms with Gasteiger partial charge in [-0.05, 0) is 18.2 Å². The van der Waals surface area contributed by atoms with Crippen molar-refractivity contribution < 1.29 is 4.74 Å². The van der Waals surface area contributed by atoms with Crippen molar-refractivity contribution in [2.75, 3.05) is 19.5 Å². The average Bonchev–Trinajstić information content (AvgIpc) is 2.39. The number of nitrogens with one attached hydrogen (secondary N) is 1. The molecule has 0 atom stereocenters. The second-order valence-electron chi connectivity index (χ2n) is 3.25. The van der Waals surface area contributed by atoms with Gasteiger partial charge >= 0.3 is 0 Å². The molecule has 0 saturated carbocycles. The van der Waals surface area contributed by atoms with Gasteiger partial charge in [-0.3, -0.25) is 0 Å². The summed E-state index contributed by atoms with van der Waals surface area (Å²) in [7, 11) is 3.45. The minimum atomic E-state index is 0.611. The van der Waals surface area contributed by atoms with Crippen LogP contribution in [0.4, 0.5) is 5.95 Å². The Balaban J connectivity index is 2.41. The van der Waals surface area contributed by atoms with Crippen LogP contribution in [0, 0.1) is 0 Å². The quantitative estimate of drug-likeness (QED) is 0.852. The second-order valence-corrected chi connectivity index (χ2v) is 3.25. The monoisotopic (exact) mass is 215 g/mol. The maximum atomic E-state index is 5.17. The zero-order valence-corrected chi connectivity index (χ0v) is 9.27. The van der Waals surface area contributed by atoms with Crippen molar-refractivity contribution >= 4 is 5.95 Å². The van der Waals surface area contributed by atoms with Crippen molar-refractivity contribution in [3.8, 4) is 17.0 Å². The van der Waals surface area contributed by atoms with Crippen LogP contribution < -0.4 is 10.1 Å². The van der Waals surface area contributed by atoms with Crippen LogP contribution in [0.25, 0.3) is 11.3 Å². The largest absolute Gasteiger partial charge is 0.497 e. The molecule has 0 aliphatic rings. The van der Waals surface area contributed by atoms with E-state index in [0.29, 0.717) is 5.95 Å². The fraction of sp³-hybridized carbons (Fsp3) is 0.167. The summed E-state index contributed by atoms with van der Waals surface area (Å²) in [5.41, 5.74) is 1.89. The molecule has 1 heterocycles. The maximum absolute atomic E-state index is 5.17. The van der Waals surface area contributed by atoms with Crippen LogP contribution in [0.1, 0.15) is 0 Å². The molecule has 2 aromatic rings. The van der Waals surface area contributed by atoms with Crippen molar-refractivity contribution in [1.29, 1.82) is 0 Å². The van der Waals surface area contributed by atoms with E-state index in [9.17, 15) is 0 Å². The molecule has 0 spiro atoms. The Hall–Kier alpha value is -2.10. The molecule has 0 fully saturated rings. The van der Waals surface area contributed by atoms with E-state index in [1.54, 1.807) is 20.4 Å². The first-order chi connectivity index (χ1) is 7.83. The number of methoxy groups -OCH3 is 1. The Bertz CT molecular complexity index is 440. The van der Waals surface area contributed by atoms with Gasteiger partial charge in [-0.1, -0.05) is 12.1 Å². The zero-order chi connectivity index (χ0) is 11.4. The Morgan fingerprint density at radius 3 is 2.88 bits per heavy atom. The third-order valence-corrected chi connectivity index (χ3v) is 2.24. The summed E-state index contributed by atoms with van der Waals surface area (Å²) in [5, 5.41) is 2.91. The molecule has 4 nitrogen and oxygen atoms in total. The highest BCUT2D eigenvalue weighted by Gasteiger charge is 2.02. The van der Waals surface area contributed by atoms with Gasteiger partial charge in [-0.15, -0.1) is 0 Å². The number of anilines is 1. The first kappa shape index (κ1) is 10.4. The first-order valence-corrected chi connectivity index (χ1v) is 4.98. The second kappa shape index (κ2) is 4.61. The van der Waals surface area contributed by atoms with Gasteiger partial charge < -0.3 is 10.1 Å². The van der Waals surface area contributed by atoms with E-state index in [-0.39, 0.29) is 0 Å². The third kappa shape index (κ3) is 2.11. The smallest absolute Gasteiger partial charge is 0.222 e. The van der Waals surface area contributed by atoms with Crippen molar-refractivity contribution in [3.63, 3.8) is 0 Å². The first-order valence-electron chi connectivity index (χ1n) is 4.98. The Kier molecular flexibility index (Phi) is 3.00. The molecule has 4 heteroatoms. The van der Waals surface area contributed by atoms with Crippen LogP contribution in [0.15, 0.2) is 36.5 Å². The number of ether oxygens (including phenoxy) is 1. The van der Waals surface area contributed by atoms with E-state index in [1.165, 1.54) is 0 Å². The normalized spacial score (nSPS) is 9.88. The molecule has 0 bridgehead atoms. The molecule has 82 valence electrons. The lowest BCUT2D eigenvalue weighted by Crippen LogP contribution is -1.96. The minimum Gasteiger partial charge on any atom is -0.497 e. The van der Waals surface area contributed by atoms with Crippen LogP contribution in [-0.4, -0.2) is 24.1 Å². The summed E-state index contributed by atoms with van der Waals surface area (Å²) in [6.07, 6.45) is 1.73. The average molecular weight is 215 g/mol. The summed E-state index contributed by atoms with van der Waals surface area (Å²) >= 11 is 0. The molecule has 0 unspecified atom stereocenters. The molecule has 0 amide bonds. The van der Waals surface area contributed by atoms with Gasteiger partial charge in [0.2, 0.25) is 5.95 Å². The zero-order valence-electron chi connectivity index (χ0n) is 9.27. The Morgan fingerprint density at radius 2 is 2.12 bits per heavy atom. The predicted molar refractivity (Wildman–Crippen MR) is 63.6 cm³/mol. The highest BCUT2D eigenvalue weighted by Crippen LogP contribution is 2.22. The minimum absolute atomic E-state index is 0.611. The molecule has 0 saturated heterocycles. The Morgan fingerprint density at radius 1 is 1.25 bits per heavy atom. The number of nitrogens with zero attached hydrogens (tertiary/aromatic N) is 2. The molecule has 1 N–H and O–H groups in total. The number of hydrogen-bond acceptors (Lipinski definition) is 4. The van der Waals surface area contributed by atoms with E-state index in [2.05, 4.69) is 15.3 Å². The van der Waals surface area contributed by atoms with Crippen LogP contribution in [0.5, 0.6) is 5.75 Å². The summed E-state index contributed by atoms with van der Waals surface area (Å²) in [5.74, 6) is 1.43. The lowest BCUT2D eigenvalue weighted by molar-refractivity contribution is 0.415. The van der Waals surface area contributed by atoms with Crippen molar-refractivity contribution in [1.82, 2.24) is 9.97 Å². The van der Waals surface area contributed by atoms with Crippen molar-refractivity contribution in [2.45, 2.75) is 0 Å². The number of hydrogen-bond donors (Lipinski definition) is 1. The third-order valence-electron chi connectivity index (χ3n) is 2.24. The van der Waals surface area contributed by atoms with Crippen LogP contribution in [-0.2, 0) is 0 Å². The molecule has 0 radical (unpaired) electrons. The lowest BCUT2D eigenvalue weighted by atomic mass is 10.1. The standard InChI is InChI=1S/C12H13N3O/c1-13-12-14-7-6-11(15-12)9-4-3-5-10(8-9)16-2/h3-8H,1-2H3,(H,13,14,15). The molecule has 16 heavy (non-hydrogen) atoms. The summed E-state index contributed by atoms with van der Waals surface area (Å²) in [6, 6.07) is 9.65. The maximum Gasteiger partial charge on any atom is 0.222 e. The topological polar surface area (TPSA) is 47.0 Å². The van der Waals surface area contributed by atoms with E-state index in [0.717, 1.165) is 17.0 Å².